The number of rotatable bonds is 7. The second-order valence-electron chi connectivity index (χ2n) is 6.77. The van der Waals surface area contributed by atoms with E-state index in [1.54, 1.807) is 30.3 Å². The molecule has 31 heavy (non-hydrogen) atoms. The number of phosphoric acid groups is 1. The van der Waals surface area contributed by atoms with Crippen LogP contribution in [0.1, 0.15) is 16.7 Å². The van der Waals surface area contributed by atoms with E-state index in [1.165, 1.54) is 0 Å². The minimum Gasteiger partial charge on any atom is -0.395 e. The van der Waals surface area contributed by atoms with Crippen LogP contribution in [0.15, 0.2) is 121 Å². The zero-order valence-corrected chi connectivity index (χ0v) is 17.6. The Balaban J connectivity index is 1.88. The van der Waals surface area contributed by atoms with Crippen molar-refractivity contribution >= 4 is 19.2 Å². The molecule has 5 heteroatoms. The summed E-state index contributed by atoms with van der Waals surface area (Å²) in [5.74, 6) is 0.515. The predicted octanol–water partition coefficient (Wildman–Crippen LogP) is 6.80. The molecular weight excluding hydrogens is 407 g/mol. The van der Waals surface area contributed by atoms with Crippen molar-refractivity contribution in [2.24, 2.45) is 0 Å². The molecule has 4 rings (SSSR count). The molecule has 0 heterocycles. The monoisotopic (exact) mass is 428 g/mol. The summed E-state index contributed by atoms with van der Waals surface area (Å²) in [6.07, 6.45) is 0. The molecule has 1 unspecified atom stereocenters. The molecule has 0 saturated carbocycles. The lowest BCUT2D eigenvalue weighted by Gasteiger charge is -2.20. The average molecular weight is 428 g/mol. The molecule has 0 fully saturated rings. The van der Waals surface area contributed by atoms with E-state index in [0.717, 1.165) is 11.1 Å². The number of benzene rings is 4. The smallest absolute Gasteiger partial charge is 0.395 e. The van der Waals surface area contributed by atoms with Crippen LogP contribution < -0.4 is 4.52 Å². The zero-order valence-electron chi connectivity index (χ0n) is 16.7. The fraction of sp³-hybridized carbons (Fsp3) is 0. The van der Waals surface area contributed by atoms with Crippen LogP contribution in [0.25, 0.3) is 11.3 Å². The van der Waals surface area contributed by atoms with Gasteiger partial charge in [0.15, 0.2) is 0 Å². The third-order valence-corrected chi connectivity index (χ3v) is 5.41. The van der Waals surface area contributed by atoms with Gasteiger partial charge in [-0.05, 0) is 23.3 Å². The van der Waals surface area contributed by atoms with Gasteiger partial charge in [-0.25, -0.2) is 4.57 Å². The van der Waals surface area contributed by atoms with Gasteiger partial charge in [0.1, 0.15) is 11.5 Å². The maximum atomic E-state index is 13.0. The fourth-order valence-electron chi connectivity index (χ4n) is 3.22. The summed E-state index contributed by atoms with van der Waals surface area (Å²) in [6, 6.07) is 37.0. The van der Waals surface area contributed by atoms with Gasteiger partial charge in [-0.1, -0.05) is 109 Å². The highest BCUT2D eigenvalue weighted by atomic mass is 31.2. The van der Waals surface area contributed by atoms with Crippen LogP contribution >= 0.6 is 7.82 Å². The summed E-state index contributed by atoms with van der Waals surface area (Å²) >= 11 is 0. The number of para-hydroxylation sites is 1. The van der Waals surface area contributed by atoms with E-state index in [4.69, 9.17) is 9.05 Å². The molecule has 4 nitrogen and oxygen atoms in total. The highest BCUT2D eigenvalue weighted by Gasteiger charge is 2.29. The molecule has 1 atom stereocenters. The molecule has 4 aromatic carbocycles. The first-order valence-electron chi connectivity index (χ1n) is 9.80. The first-order chi connectivity index (χ1) is 15.1. The third-order valence-electron chi connectivity index (χ3n) is 4.56. The highest BCUT2D eigenvalue weighted by molar-refractivity contribution is 7.48. The molecule has 0 aliphatic carbocycles. The Kier molecular flexibility index (Phi) is 6.32. The summed E-state index contributed by atoms with van der Waals surface area (Å²) in [7, 11) is -4.49. The molecule has 0 spiro atoms. The molecule has 0 saturated heterocycles. The van der Waals surface area contributed by atoms with Crippen molar-refractivity contribution < 1.29 is 18.5 Å². The number of hydrogen-bond acceptors (Lipinski definition) is 3. The lowest BCUT2D eigenvalue weighted by molar-refractivity contribution is 0.277. The summed E-state index contributed by atoms with van der Waals surface area (Å²) < 4.78 is 24.1. The van der Waals surface area contributed by atoms with E-state index in [1.807, 2.05) is 91.0 Å². The van der Waals surface area contributed by atoms with Crippen LogP contribution in [-0.2, 0) is 9.09 Å². The van der Waals surface area contributed by atoms with Crippen LogP contribution in [-0.4, -0.2) is 4.89 Å². The Morgan fingerprint density at radius 1 is 0.581 bits per heavy atom. The molecule has 0 aliphatic rings. The molecule has 0 radical (unpaired) electrons. The van der Waals surface area contributed by atoms with E-state index in [-0.39, 0.29) is 11.5 Å². The molecule has 0 bridgehead atoms. The van der Waals surface area contributed by atoms with Gasteiger partial charge in [-0.3, -0.25) is 4.89 Å². The maximum Gasteiger partial charge on any atom is 0.584 e. The summed E-state index contributed by atoms with van der Waals surface area (Å²) in [6.45, 7) is 0. The Bertz CT molecular complexity index is 1150. The zero-order chi connectivity index (χ0) is 21.5. The quantitative estimate of drug-likeness (QED) is 0.200. The second kappa shape index (κ2) is 9.48. The van der Waals surface area contributed by atoms with Crippen LogP contribution in [0.4, 0.5) is 0 Å². The van der Waals surface area contributed by atoms with Gasteiger partial charge in [0.2, 0.25) is 0 Å². The van der Waals surface area contributed by atoms with Crippen LogP contribution in [0.3, 0.4) is 0 Å². The molecule has 0 aliphatic heterocycles. The van der Waals surface area contributed by atoms with Gasteiger partial charge < -0.3 is 9.05 Å². The second-order valence-corrected chi connectivity index (χ2v) is 8.07. The Morgan fingerprint density at radius 3 is 1.42 bits per heavy atom. The first-order valence-corrected chi connectivity index (χ1v) is 11.3. The normalized spacial score (nSPS) is 12.4. The number of hydrogen-bond donors (Lipinski definition) is 1. The van der Waals surface area contributed by atoms with Crippen molar-refractivity contribution in [3.05, 3.63) is 138 Å². The standard InChI is InChI=1S/C26H21O4P/c27-31(28,29-24-19-11-4-12-20-24)30-26(23-17-9-3-10-18-23)25(21-13-5-1-6-14-21)22-15-7-2-8-16-22/h1-20H,(H,27,28). The van der Waals surface area contributed by atoms with E-state index >= 15 is 0 Å². The van der Waals surface area contributed by atoms with Crippen LogP contribution in [0, 0.1) is 0 Å². The van der Waals surface area contributed by atoms with Crippen molar-refractivity contribution in [1.29, 1.82) is 0 Å². The summed E-state index contributed by atoms with van der Waals surface area (Å²) in [5.41, 5.74) is 3.06. The minimum absolute atomic E-state index is 0.252. The van der Waals surface area contributed by atoms with Crippen LogP contribution in [0.2, 0.25) is 0 Å². The minimum atomic E-state index is -4.49. The molecule has 0 aromatic heterocycles. The van der Waals surface area contributed by atoms with Gasteiger partial charge in [0, 0.05) is 11.1 Å². The third kappa shape index (κ3) is 5.32. The van der Waals surface area contributed by atoms with Gasteiger partial charge in [-0.2, -0.15) is 0 Å². The van der Waals surface area contributed by atoms with E-state index in [9.17, 15) is 9.46 Å². The van der Waals surface area contributed by atoms with Gasteiger partial charge in [-0.15, -0.1) is 0 Å². The molecular formula is C26H21O4P. The SMILES string of the molecule is O=P(O)(OC(=C(c1ccccc1)c1ccccc1)c1ccccc1)Oc1ccccc1. The lowest BCUT2D eigenvalue weighted by Crippen LogP contribution is -2.02. The summed E-state index contributed by atoms with van der Waals surface area (Å²) in [4.78, 5) is 10.6. The van der Waals surface area contributed by atoms with E-state index in [2.05, 4.69) is 0 Å². The van der Waals surface area contributed by atoms with Crippen molar-refractivity contribution in [2.45, 2.75) is 0 Å². The van der Waals surface area contributed by atoms with E-state index < -0.39 is 7.82 Å². The molecule has 0 amide bonds. The Hall–Kier alpha value is -3.59. The molecule has 154 valence electrons. The van der Waals surface area contributed by atoms with Crippen molar-refractivity contribution in [1.82, 2.24) is 0 Å². The number of phosphoric ester groups is 1. The van der Waals surface area contributed by atoms with E-state index in [0.29, 0.717) is 11.1 Å². The van der Waals surface area contributed by atoms with Gasteiger partial charge in [0.05, 0.1) is 0 Å². The van der Waals surface area contributed by atoms with Gasteiger partial charge in [0.25, 0.3) is 0 Å². The fourth-order valence-corrected chi connectivity index (χ4v) is 4.07. The Labute approximate surface area is 181 Å². The predicted molar refractivity (Wildman–Crippen MR) is 123 cm³/mol. The van der Waals surface area contributed by atoms with Gasteiger partial charge >= 0.3 is 7.82 Å². The molecule has 4 aromatic rings. The largest absolute Gasteiger partial charge is 0.584 e. The maximum absolute atomic E-state index is 13.0. The Morgan fingerprint density at radius 2 is 0.968 bits per heavy atom. The lowest BCUT2D eigenvalue weighted by atomic mass is 9.94. The summed E-state index contributed by atoms with van der Waals surface area (Å²) in [5, 5.41) is 0. The topological polar surface area (TPSA) is 55.8 Å². The highest BCUT2D eigenvalue weighted by Crippen LogP contribution is 2.50. The average Bonchev–Trinajstić information content (AvgIpc) is 2.81. The molecule has 1 N–H and O–H groups in total. The van der Waals surface area contributed by atoms with Crippen molar-refractivity contribution in [3.63, 3.8) is 0 Å². The van der Waals surface area contributed by atoms with Crippen molar-refractivity contribution in [3.8, 4) is 5.75 Å². The first kappa shape index (κ1) is 20.7. The van der Waals surface area contributed by atoms with Crippen LogP contribution in [0.5, 0.6) is 5.75 Å². The van der Waals surface area contributed by atoms with Crippen molar-refractivity contribution in [2.75, 3.05) is 0 Å².